The smallest absolute Gasteiger partial charge is 0.132 e. The van der Waals surface area contributed by atoms with E-state index in [9.17, 15) is 9.59 Å². The first-order valence-electron chi connectivity index (χ1n) is 18.2. The van der Waals surface area contributed by atoms with Crippen molar-refractivity contribution < 1.29 is 18.6 Å². The molecule has 0 N–H and O–H groups in total. The molecular formula is C37H72NO3P. The molecule has 0 aromatic heterocycles. The number of Topliss-reactive ketones (excluding diaryl/α,β-unsaturated/α-hetero) is 1. The Labute approximate surface area is 265 Å². The van der Waals surface area contributed by atoms with Crippen molar-refractivity contribution in [2.75, 3.05) is 34.3 Å². The molecular weight excluding hydrogens is 537 g/mol. The number of rotatable bonds is 34. The molecule has 0 fully saturated rings. The lowest BCUT2D eigenvalue weighted by Gasteiger charge is -2.26. The van der Waals surface area contributed by atoms with Crippen LogP contribution in [0.4, 0.5) is 0 Å². The van der Waals surface area contributed by atoms with Gasteiger partial charge in [0.05, 0.1) is 34.3 Å². The number of carbonyl (C=O) groups excluding carboxylic acids is 2. The Morgan fingerprint density at radius 2 is 0.929 bits per heavy atom. The van der Waals surface area contributed by atoms with Gasteiger partial charge in [0.15, 0.2) is 0 Å². The van der Waals surface area contributed by atoms with Crippen molar-refractivity contribution >= 4 is 20.1 Å². The monoisotopic (exact) mass is 610 g/mol. The maximum absolute atomic E-state index is 12.1. The average Bonchev–Trinajstić information content (AvgIpc) is 2.95. The van der Waals surface area contributed by atoms with Crippen molar-refractivity contribution in [2.24, 2.45) is 0 Å². The van der Waals surface area contributed by atoms with E-state index in [2.05, 4.69) is 40.2 Å². The summed E-state index contributed by atoms with van der Waals surface area (Å²) >= 11 is 0. The zero-order chi connectivity index (χ0) is 31.0. The van der Waals surface area contributed by atoms with Gasteiger partial charge in [-0.1, -0.05) is 128 Å². The summed E-state index contributed by atoms with van der Waals surface area (Å²) in [6.07, 6.45) is 37.6. The SMILES string of the molecule is CCCCCCCCCCCCCC(=O)CCCCCCCCC=CCCCCCCCC(=O)[P-]OCC[N+](C)(C)C. The predicted molar refractivity (Wildman–Crippen MR) is 185 cm³/mol. The molecule has 0 bridgehead atoms. The van der Waals surface area contributed by atoms with E-state index in [1.165, 1.54) is 128 Å². The van der Waals surface area contributed by atoms with E-state index in [-0.39, 0.29) is 5.52 Å². The lowest BCUT2D eigenvalue weighted by molar-refractivity contribution is -0.870. The quantitative estimate of drug-likeness (QED) is 0.0315. The molecule has 0 spiro atoms. The van der Waals surface area contributed by atoms with Crippen LogP contribution < -0.4 is 0 Å². The third kappa shape index (κ3) is 35.6. The third-order valence-electron chi connectivity index (χ3n) is 8.08. The van der Waals surface area contributed by atoms with Crippen molar-refractivity contribution in [3.05, 3.63) is 12.2 Å². The molecule has 0 saturated carbocycles. The normalized spacial score (nSPS) is 12.3. The zero-order valence-electron chi connectivity index (χ0n) is 28.8. The fourth-order valence-corrected chi connectivity index (χ4v) is 5.75. The number of likely N-dealkylation sites (N-methyl/N-ethyl adjacent to an activating group) is 1. The number of quaternary nitrogens is 1. The lowest BCUT2D eigenvalue weighted by atomic mass is 10.0. The summed E-state index contributed by atoms with van der Waals surface area (Å²) in [7, 11) is 6.93. The van der Waals surface area contributed by atoms with Crippen molar-refractivity contribution in [2.45, 2.75) is 180 Å². The van der Waals surface area contributed by atoms with Gasteiger partial charge >= 0.3 is 0 Å². The van der Waals surface area contributed by atoms with Crippen molar-refractivity contribution in [1.82, 2.24) is 0 Å². The fourth-order valence-electron chi connectivity index (χ4n) is 5.19. The molecule has 0 unspecified atom stereocenters. The molecule has 0 aliphatic rings. The Kier molecular flexibility index (Phi) is 31.4. The van der Waals surface area contributed by atoms with Crippen LogP contribution >= 0.6 is 8.81 Å². The molecule has 0 rings (SSSR count). The molecule has 0 amide bonds. The van der Waals surface area contributed by atoms with Gasteiger partial charge in [-0.2, -0.15) is 0 Å². The highest BCUT2D eigenvalue weighted by atomic mass is 31.1. The number of carbonyl (C=O) groups is 2. The topological polar surface area (TPSA) is 43.4 Å². The van der Waals surface area contributed by atoms with Gasteiger partial charge in [-0.3, -0.25) is 4.79 Å². The molecule has 0 aliphatic heterocycles. The van der Waals surface area contributed by atoms with Crippen LogP contribution in [0.5, 0.6) is 0 Å². The minimum absolute atomic E-state index is 0.222. The van der Waals surface area contributed by atoms with Crippen LogP contribution in [0.25, 0.3) is 0 Å². The molecule has 5 heteroatoms. The summed E-state index contributed by atoms with van der Waals surface area (Å²) in [5.41, 5.74) is 0.222. The van der Waals surface area contributed by atoms with E-state index < -0.39 is 0 Å². The number of hydrogen-bond donors (Lipinski definition) is 0. The Morgan fingerprint density at radius 1 is 0.548 bits per heavy atom. The van der Waals surface area contributed by atoms with Crippen molar-refractivity contribution in [1.29, 1.82) is 0 Å². The van der Waals surface area contributed by atoms with E-state index in [4.69, 9.17) is 4.52 Å². The van der Waals surface area contributed by atoms with Gasteiger partial charge in [0.25, 0.3) is 0 Å². The largest absolute Gasteiger partial charge is 0.546 e. The van der Waals surface area contributed by atoms with Gasteiger partial charge in [0.1, 0.15) is 5.78 Å². The molecule has 0 atom stereocenters. The number of allylic oxidation sites excluding steroid dienone is 2. The van der Waals surface area contributed by atoms with E-state index in [1.807, 2.05) is 0 Å². The molecule has 0 saturated heterocycles. The number of nitrogens with zero attached hydrogens (tertiary/aromatic N) is 1. The van der Waals surface area contributed by atoms with Crippen molar-refractivity contribution in [3.63, 3.8) is 0 Å². The van der Waals surface area contributed by atoms with Crippen LogP contribution in [0.1, 0.15) is 180 Å². The van der Waals surface area contributed by atoms with Gasteiger partial charge in [-0.15, -0.1) is 0 Å². The Morgan fingerprint density at radius 3 is 1.36 bits per heavy atom. The highest BCUT2D eigenvalue weighted by molar-refractivity contribution is 7.53. The molecule has 0 radical (unpaired) electrons. The number of unbranched alkanes of at least 4 members (excludes halogenated alkanes) is 21. The summed E-state index contributed by atoms with van der Waals surface area (Å²) in [6.45, 7) is 3.85. The van der Waals surface area contributed by atoms with E-state index in [1.54, 1.807) is 0 Å². The highest BCUT2D eigenvalue weighted by Crippen LogP contribution is 2.19. The van der Waals surface area contributed by atoms with E-state index in [0.717, 1.165) is 49.6 Å². The van der Waals surface area contributed by atoms with Crippen LogP contribution in [0.2, 0.25) is 0 Å². The lowest BCUT2D eigenvalue weighted by Crippen LogP contribution is -2.37. The predicted octanol–water partition coefficient (Wildman–Crippen LogP) is 11.8. The van der Waals surface area contributed by atoms with E-state index >= 15 is 0 Å². The summed E-state index contributed by atoms with van der Waals surface area (Å²) < 4.78 is 6.34. The van der Waals surface area contributed by atoms with Crippen LogP contribution in [0.15, 0.2) is 12.2 Å². The zero-order valence-corrected chi connectivity index (χ0v) is 29.7. The Bertz CT molecular complexity index is 629. The van der Waals surface area contributed by atoms with Crippen molar-refractivity contribution in [3.8, 4) is 0 Å². The first-order chi connectivity index (χ1) is 20.3. The van der Waals surface area contributed by atoms with Gasteiger partial charge in [0.2, 0.25) is 0 Å². The van der Waals surface area contributed by atoms with Gasteiger partial charge in [-0.05, 0) is 51.4 Å². The molecule has 0 aliphatic carbocycles. The number of ketones is 1. The summed E-state index contributed by atoms with van der Waals surface area (Å²) in [6, 6.07) is 0. The molecule has 4 nitrogen and oxygen atoms in total. The van der Waals surface area contributed by atoms with Gasteiger partial charge < -0.3 is 22.6 Å². The second-order valence-electron chi connectivity index (χ2n) is 13.6. The van der Waals surface area contributed by atoms with Crippen LogP contribution in [0.3, 0.4) is 0 Å². The molecule has 248 valence electrons. The molecule has 0 aromatic carbocycles. The third-order valence-corrected chi connectivity index (χ3v) is 8.82. The maximum Gasteiger partial charge on any atom is 0.132 e. The summed E-state index contributed by atoms with van der Waals surface area (Å²) in [4.78, 5) is 24.0. The first kappa shape index (κ1) is 41.4. The minimum atomic E-state index is 0.222. The Hall–Kier alpha value is -0.570. The molecule has 0 heterocycles. The highest BCUT2D eigenvalue weighted by Gasteiger charge is 2.04. The minimum Gasteiger partial charge on any atom is -0.546 e. The van der Waals surface area contributed by atoms with E-state index in [0.29, 0.717) is 27.6 Å². The van der Waals surface area contributed by atoms with Crippen LogP contribution in [-0.4, -0.2) is 50.1 Å². The first-order valence-corrected chi connectivity index (χ1v) is 19.0. The standard InChI is InChI=1S/C37H72NO3P/c1-5-6-7-8-9-10-16-19-22-25-28-31-36(39)32-29-26-23-20-17-14-12-11-13-15-18-21-24-27-30-33-37(40)42-41-35-34-38(2,3)4/h11,13H,5-10,12,14-35H2,1-4H3. The molecule has 42 heavy (non-hydrogen) atoms. The van der Waals surface area contributed by atoms with Gasteiger partial charge in [0, 0.05) is 18.4 Å². The number of hydrogen-bond acceptors (Lipinski definition) is 3. The fraction of sp³-hybridized carbons (Fsp3) is 0.892. The summed E-state index contributed by atoms with van der Waals surface area (Å²) in [5.74, 6) is 0.498. The second kappa shape index (κ2) is 31.8. The maximum atomic E-state index is 12.1. The second-order valence-corrected chi connectivity index (χ2v) is 14.5. The average molecular weight is 610 g/mol. The van der Waals surface area contributed by atoms with Gasteiger partial charge in [-0.25, -0.2) is 0 Å². The Balaban J connectivity index is 3.28. The van der Waals surface area contributed by atoms with Crippen LogP contribution in [-0.2, 0) is 14.1 Å². The summed E-state index contributed by atoms with van der Waals surface area (Å²) in [5, 5.41) is 0. The van der Waals surface area contributed by atoms with Crippen LogP contribution in [0, 0.1) is 0 Å². The molecule has 0 aromatic rings.